The predicted molar refractivity (Wildman–Crippen MR) is 86.2 cm³/mol. The van der Waals surface area contributed by atoms with E-state index in [0.29, 0.717) is 16.0 Å². The highest BCUT2D eigenvalue weighted by molar-refractivity contribution is 9.10. The van der Waals surface area contributed by atoms with Crippen LogP contribution < -0.4 is 14.8 Å². The molecular formula is C17H13BrFNO3. The minimum Gasteiger partial charge on any atom is -0.454 e. The number of ether oxygens (including phenoxy) is 2. The lowest BCUT2D eigenvalue weighted by Gasteiger charge is -2.16. The van der Waals surface area contributed by atoms with Crippen molar-refractivity contribution < 1.29 is 18.7 Å². The number of hydrogen-bond donors (Lipinski definition) is 1. The molecule has 2 aliphatic rings. The number of hydrogen-bond acceptors (Lipinski definition) is 3. The maximum absolute atomic E-state index is 13.8. The highest BCUT2D eigenvalue weighted by Gasteiger charge is 2.51. The van der Waals surface area contributed by atoms with Crippen LogP contribution in [0.5, 0.6) is 11.5 Å². The fourth-order valence-electron chi connectivity index (χ4n) is 2.80. The first-order chi connectivity index (χ1) is 11.1. The fourth-order valence-corrected chi connectivity index (χ4v) is 3.16. The second-order valence-electron chi connectivity index (χ2n) is 5.73. The molecular weight excluding hydrogens is 365 g/mol. The summed E-state index contributed by atoms with van der Waals surface area (Å²) < 4.78 is 25.2. The number of halogens is 2. The van der Waals surface area contributed by atoms with E-state index in [1.807, 2.05) is 18.2 Å². The van der Waals surface area contributed by atoms with Crippen LogP contribution in [0.3, 0.4) is 0 Å². The normalized spacial score (nSPS) is 17.0. The van der Waals surface area contributed by atoms with Gasteiger partial charge in [0.2, 0.25) is 12.7 Å². The fraction of sp³-hybridized carbons (Fsp3) is 0.235. The molecule has 1 amide bonds. The van der Waals surface area contributed by atoms with Crippen LogP contribution >= 0.6 is 15.9 Å². The minimum atomic E-state index is -0.615. The van der Waals surface area contributed by atoms with Gasteiger partial charge in [-0.2, -0.15) is 0 Å². The second kappa shape index (κ2) is 5.23. The molecule has 0 atom stereocenters. The Bertz CT molecular complexity index is 804. The van der Waals surface area contributed by atoms with Gasteiger partial charge in [-0.15, -0.1) is 0 Å². The van der Waals surface area contributed by atoms with E-state index in [1.54, 1.807) is 12.1 Å². The lowest BCUT2D eigenvalue weighted by Crippen LogP contribution is -2.28. The van der Waals surface area contributed by atoms with Crippen molar-refractivity contribution in [2.24, 2.45) is 0 Å². The van der Waals surface area contributed by atoms with Crippen LogP contribution in [-0.2, 0) is 10.2 Å². The first-order valence-electron chi connectivity index (χ1n) is 7.25. The monoisotopic (exact) mass is 377 g/mol. The molecule has 2 aromatic rings. The van der Waals surface area contributed by atoms with Crippen LogP contribution in [0.15, 0.2) is 40.9 Å². The van der Waals surface area contributed by atoms with Gasteiger partial charge in [-0.3, -0.25) is 4.79 Å². The van der Waals surface area contributed by atoms with E-state index in [1.165, 1.54) is 6.07 Å². The number of amides is 1. The Labute approximate surface area is 140 Å². The summed E-state index contributed by atoms with van der Waals surface area (Å²) in [6, 6.07) is 9.99. The van der Waals surface area contributed by atoms with Crippen LogP contribution in [0.4, 0.5) is 10.1 Å². The van der Waals surface area contributed by atoms with E-state index in [2.05, 4.69) is 21.2 Å². The molecule has 1 aliphatic heterocycles. The van der Waals surface area contributed by atoms with Crippen LogP contribution in [0.2, 0.25) is 0 Å². The van der Waals surface area contributed by atoms with E-state index in [9.17, 15) is 9.18 Å². The SMILES string of the molecule is O=C(Nc1cc(Br)ccc1F)C1(c2ccc3c(c2)OCO3)CC1. The molecule has 1 heterocycles. The molecule has 0 aromatic heterocycles. The summed E-state index contributed by atoms with van der Waals surface area (Å²) >= 11 is 3.28. The van der Waals surface area contributed by atoms with Crippen molar-refractivity contribution in [3.8, 4) is 11.5 Å². The summed E-state index contributed by atoms with van der Waals surface area (Å²) in [5, 5.41) is 2.70. The summed E-state index contributed by atoms with van der Waals surface area (Å²) in [4.78, 5) is 12.7. The van der Waals surface area contributed by atoms with Gasteiger partial charge in [-0.1, -0.05) is 22.0 Å². The second-order valence-corrected chi connectivity index (χ2v) is 6.64. The summed E-state index contributed by atoms with van der Waals surface area (Å²) in [5.74, 6) is 0.676. The van der Waals surface area contributed by atoms with Gasteiger partial charge in [-0.25, -0.2) is 4.39 Å². The Hall–Kier alpha value is -2.08. The quantitative estimate of drug-likeness (QED) is 0.879. The lowest BCUT2D eigenvalue weighted by atomic mass is 9.94. The smallest absolute Gasteiger partial charge is 0.235 e. The number of fused-ring (bicyclic) bond motifs is 1. The number of rotatable bonds is 3. The Kier molecular flexibility index (Phi) is 3.30. The van der Waals surface area contributed by atoms with Gasteiger partial charge < -0.3 is 14.8 Å². The molecule has 0 saturated heterocycles. The molecule has 1 N–H and O–H groups in total. The van der Waals surface area contributed by atoms with Crippen molar-refractivity contribution in [2.45, 2.75) is 18.3 Å². The summed E-state index contributed by atoms with van der Waals surface area (Å²) in [6.45, 7) is 0.196. The summed E-state index contributed by atoms with van der Waals surface area (Å²) in [5.41, 5.74) is 0.432. The first-order valence-corrected chi connectivity index (χ1v) is 8.04. The zero-order valence-electron chi connectivity index (χ0n) is 12.1. The number of nitrogens with one attached hydrogen (secondary N) is 1. The highest BCUT2D eigenvalue weighted by atomic mass is 79.9. The number of carbonyl (C=O) groups excluding carboxylic acids is 1. The van der Waals surface area contributed by atoms with Crippen molar-refractivity contribution in [1.82, 2.24) is 0 Å². The van der Waals surface area contributed by atoms with Gasteiger partial charge in [0.25, 0.3) is 0 Å². The number of benzene rings is 2. The maximum atomic E-state index is 13.8. The van der Waals surface area contributed by atoms with Crippen LogP contribution in [0, 0.1) is 5.82 Å². The Balaban J connectivity index is 1.61. The number of carbonyl (C=O) groups is 1. The molecule has 0 radical (unpaired) electrons. The van der Waals surface area contributed by atoms with Gasteiger partial charge in [-0.05, 0) is 48.7 Å². The molecule has 4 nitrogen and oxygen atoms in total. The molecule has 1 fully saturated rings. The molecule has 6 heteroatoms. The molecule has 0 spiro atoms. The third-order valence-corrected chi connectivity index (χ3v) is 4.78. The van der Waals surface area contributed by atoms with Crippen molar-refractivity contribution in [3.05, 3.63) is 52.3 Å². The summed E-state index contributed by atoms with van der Waals surface area (Å²) in [7, 11) is 0. The van der Waals surface area contributed by atoms with Gasteiger partial charge in [0, 0.05) is 4.47 Å². The summed E-state index contributed by atoms with van der Waals surface area (Å²) in [6.07, 6.45) is 1.46. The van der Waals surface area contributed by atoms with Crippen LogP contribution in [0.1, 0.15) is 18.4 Å². The third kappa shape index (κ3) is 2.47. The van der Waals surface area contributed by atoms with Crippen molar-refractivity contribution in [2.75, 3.05) is 12.1 Å². The Morgan fingerprint density at radius 3 is 2.70 bits per heavy atom. The molecule has 1 aliphatic carbocycles. The highest BCUT2D eigenvalue weighted by Crippen LogP contribution is 2.51. The maximum Gasteiger partial charge on any atom is 0.235 e. The molecule has 1 saturated carbocycles. The van der Waals surface area contributed by atoms with Crippen molar-refractivity contribution in [3.63, 3.8) is 0 Å². The van der Waals surface area contributed by atoms with Gasteiger partial charge >= 0.3 is 0 Å². The van der Waals surface area contributed by atoms with Crippen molar-refractivity contribution >= 4 is 27.5 Å². The average Bonchev–Trinajstić information content (AvgIpc) is 3.22. The molecule has 23 heavy (non-hydrogen) atoms. The molecule has 4 rings (SSSR count). The lowest BCUT2D eigenvalue weighted by molar-refractivity contribution is -0.118. The van der Waals surface area contributed by atoms with Gasteiger partial charge in [0.05, 0.1) is 11.1 Å². The largest absolute Gasteiger partial charge is 0.454 e. The molecule has 2 aromatic carbocycles. The van der Waals surface area contributed by atoms with E-state index >= 15 is 0 Å². The van der Waals surface area contributed by atoms with Crippen LogP contribution in [-0.4, -0.2) is 12.7 Å². The van der Waals surface area contributed by atoms with E-state index < -0.39 is 11.2 Å². The Morgan fingerprint density at radius 2 is 1.91 bits per heavy atom. The zero-order valence-corrected chi connectivity index (χ0v) is 13.7. The molecule has 118 valence electrons. The van der Waals surface area contributed by atoms with Gasteiger partial charge in [0.1, 0.15) is 5.82 Å². The molecule has 0 bridgehead atoms. The minimum absolute atomic E-state index is 0.177. The first kappa shape index (κ1) is 14.5. The predicted octanol–water partition coefficient (Wildman–Crippen LogP) is 3.99. The average molecular weight is 378 g/mol. The van der Waals surface area contributed by atoms with E-state index in [-0.39, 0.29) is 18.4 Å². The van der Waals surface area contributed by atoms with Crippen LogP contribution in [0.25, 0.3) is 0 Å². The third-order valence-electron chi connectivity index (χ3n) is 4.29. The van der Waals surface area contributed by atoms with E-state index in [4.69, 9.17) is 9.47 Å². The zero-order chi connectivity index (χ0) is 16.0. The number of anilines is 1. The topological polar surface area (TPSA) is 47.6 Å². The van der Waals surface area contributed by atoms with Crippen molar-refractivity contribution in [1.29, 1.82) is 0 Å². The van der Waals surface area contributed by atoms with Gasteiger partial charge in [0.15, 0.2) is 11.5 Å². The Morgan fingerprint density at radius 1 is 1.13 bits per heavy atom. The molecule has 0 unspecified atom stereocenters. The van der Waals surface area contributed by atoms with E-state index in [0.717, 1.165) is 18.4 Å². The standard InChI is InChI=1S/C17H13BrFNO3/c18-11-2-3-12(19)13(8-11)20-16(21)17(5-6-17)10-1-4-14-15(7-10)23-9-22-14/h1-4,7-8H,5-6,9H2,(H,20,21).